The molecule has 2 saturated heterocycles. The summed E-state index contributed by atoms with van der Waals surface area (Å²) in [6.07, 6.45) is 13.5. The van der Waals surface area contributed by atoms with Gasteiger partial charge in [0.2, 0.25) is 0 Å². The van der Waals surface area contributed by atoms with Crippen molar-refractivity contribution in [2.45, 2.75) is 119 Å². The van der Waals surface area contributed by atoms with E-state index in [0.29, 0.717) is 5.56 Å². The Balaban J connectivity index is 0.000000175. The second-order valence-corrected chi connectivity index (χ2v) is 24.6. The number of halogens is 1. The van der Waals surface area contributed by atoms with Crippen molar-refractivity contribution in [3.05, 3.63) is 149 Å². The number of nitrogens with one attached hydrogen (secondary N) is 4. The molecule has 2 aliphatic rings. The van der Waals surface area contributed by atoms with E-state index >= 15 is 0 Å². The summed E-state index contributed by atoms with van der Waals surface area (Å²) in [5, 5.41) is 38.0. The predicted octanol–water partition coefficient (Wildman–Crippen LogP) is 12.7. The summed E-state index contributed by atoms with van der Waals surface area (Å²) < 4.78 is 36.4. The first-order valence-electron chi connectivity index (χ1n) is 33.0. The van der Waals surface area contributed by atoms with E-state index < -0.39 is 0 Å². The standard InChI is InChI=1S/C21H32N4O2.C17H24FN3O.C17H21N5.C17H25N3O/c1-3-9-24(2)17-19-16-22-23-21(19)18-5-7-20(8-6-18)27-13-4-10-25-11-14-26-15-12-25;1-5-8-21(4)11-14-10-19-20-17(14)13-6-7-15(18)16(9-13)22-12(2)3;1-21(9-10-22-7-2-8-22)13-16-12-19-20-17(16)15-5-3-14(11-18)4-6-15;1-5-9-20(4)12-15-11-18-19-17(15)14-7-6-8-16(10-14)21-13(2)3/h5-8,16H,3-4,9-15,17H2,1-2H3,(H,22,23);6-7,9-10,12H,5,8,11H2,1-4H3,(H,19,20);3-6,12H,2,7-10,13H2,1H3,(H,19,20);6-8,10-11,13H,5,9,12H2,1-4H3,(H,18,19). The highest BCUT2D eigenvalue weighted by atomic mass is 19.1. The van der Waals surface area contributed by atoms with E-state index in [1.165, 1.54) is 42.3 Å². The van der Waals surface area contributed by atoms with E-state index in [1.807, 2.05) is 101 Å². The van der Waals surface area contributed by atoms with Crippen LogP contribution in [0.5, 0.6) is 17.2 Å². The van der Waals surface area contributed by atoms with Crippen LogP contribution in [-0.2, 0) is 30.9 Å². The number of benzene rings is 4. The van der Waals surface area contributed by atoms with E-state index in [2.05, 4.69) is 149 Å². The molecule has 2 aliphatic heterocycles. The third-order valence-corrected chi connectivity index (χ3v) is 15.7. The number of nitrogens with zero attached hydrogens (tertiary/aromatic N) is 11. The van der Waals surface area contributed by atoms with Crippen LogP contribution < -0.4 is 14.2 Å². The van der Waals surface area contributed by atoms with Gasteiger partial charge >= 0.3 is 0 Å². The molecule has 6 heterocycles. The second-order valence-electron chi connectivity index (χ2n) is 24.6. The van der Waals surface area contributed by atoms with Crippen molar-refractivity contribution in [1.29, 1.82) is 5.26 Å². The van der Waals surface area contributed by atoms with Crippen molar-refractivity contribution in [2.24, 2.45) is 0 Å². The monoisotopic (exact) mass is 1260 g/mol. The lowest BCUT2D eigenvalue weighted by Gasteiger charge is -2.32. The molecule has 0 spiro atoms. The number of hydrogen-bond donors (Lipinski definition) is 4. The Morgan fingerprint density at radius 1 is 0.533 bits per heavy atom. The molecule has 2 fully saturated rings. The number of H-pyrrole nitrogens is 4. The lowest BCUT2D eigenvalue weighted by atomic mass is 10.1. The zero-order valence-electron chi connectivity index (χ0n) is 56.6. The molecular weight excluding hydrogens is 1160 g/mol. The van der Waals surface area contributed by atoms with Crippen LogP contribution in [-0.4, -0.2) is 196 Å². The number of ether oxygens (including phenoxy) is 4. The summed E-state index contributed by atoms with van der Waals surface area (Å²) in [6.45, 7) is 31.4. The average molecular weight is 1260 g/mol. The molecule has 8 aromatic rings. The SMILES string of the molecule is CCCN(C)Cc1cn[nH]c1-c1ccc(F)c(OC(C)C)c1.CCCN(C)Cc1cn[nH]c1-c1ccc(OCCCN2CCOCC2)cc1.CCCN(C)Cc1cn[nH]c1-c1cccc(OC(C)C)c1.CN(CCN1CCC1)Cc1cn[nH]c1-c1ccc(C#N)cc1. The van der Waals surface area contributed by atoms with Gasteiger partial charge in [-0.2, -0.15) is 25.7 Å². The predicted molar refractivity (Wildman–Crippen MR) is 367 cm³/mol. The highest BCUT2D eigenvalue weighted by Gasteiger charge is 2.18. The van der Waals surface area contributed by atoms with Gasteiger partial charge in [-0.25, -0.2) is 4.39 Å². The van der Waals surface area contributed by atoms with E-state index in [9.17, 15) is 4.39 Å². The number of likely N-dealkylation sites (tertiary alicyclic amines) is 1. The normalized spacial score (nSPS) is 13.4. The molecule has 4 N–H and O–H groups in total. The van der Waals surface area contributed by atoms with Crippen LogP contribution in [0.25, 0.3) is 45.0 Å². The molecule has 0 aliphatic carbocycles. The maximum Gasteiger partial charge on any atom is 0.165 e. The van der Waals surface area contributed by atoms with Crippen LogP contribution in [0.4, 0.5) is 4.39 Å². The minimum Gasteiger partial charge on any atom is -0.494 e. The van der Waals surface area contributed by atoms with E-state index in [-0.39, 0.29) is 23.8 Å². The number of hydrogen-bond acceptors (Lipinski definition) is 15. The first-order chi connectivity index (χ1) is 44.6. The van der Waals surface area contributed by atoms with Crippen molar-refractivity contribution >= 4 is 0 Å². The van der Waals surface area contributed by atoms with Crippen LogP contribution in [0.15, 0.2) is 116 Å². The summed E-state index contributed by atoms with van der Waals surface area (Å²) in [4.78, 5) is 14.1. The van der Waals surface area contributed by atoms with Crippen LogP contribution in [0.2, 0.25) is 0 Å². The van der Waals surface area contributed by atoms with E-state index in [1.54, 1.807) is 12.1 Å². The summed E-state index contributed by atoms with van der Waals surface area (Å²) in [5.41, 5.74) is 13.7. The maximum atomic E-state index is 13.8. The summed E-state index contributed by atoms with van der Waals surface area (Å²) in [5.74, 6) is 1.74. The van der Waals surface area contributed by atoms with Crippen molar-refractivity contribution < 1.29 is 23.3 Å². The minimum atomic E-state index is -0.346. The smallest absolute Gasteiger partial charge is 0.165 e. The zero-order chi connectivity index (χ0) is 65.6. The van der Waals surface area contributed by atoms with Crippen LogP contribution in [0, 0.1) is 17.1 Å². The number of aromatic amines is 4. The zero-order valence-corrected chi connectivity index (χ0v) is 56.6. The molecule has 496 valence electrons. The van der Waals surface area contributed by atoms with Crippen LogP contribution in [0.1, 0.15) is 108 Å². The summed E-state index contributed by atoms with van der Waals surface area (Å²) in [6, 6.07) is 31.1. The maximum absolute atomic E-state index is 13.8. The Morgan fingerprint density at radius 3 is 1.43 bits per heavy atom. The van der Waals surface area contributed by atoms with Crippen molar-refractivity contribution in [2.75, 3.05) is 113 Å². The number of morpholine rings is 1. The average Bonchev–Trinajstić information content (AvgIpc) is 1.81. The quantitative estimate of drug-likeness (QED) is 0.0310. The van der Waals surface area contributed by atoms with Crippen LogP contribution in [0.3, 0.4) is 0 Å². The Hall–Kier alpha value is -7.74. The topological polar surface area (TPSA) is 195 Å². The van der Waals surface area contributed by atoms with E-state index in [4.69, 9.17) is 24.2 Å². The first kappa shape index (κ1) is 71.7. The third-order valence-electron chi connectivity index (χ3n) is 15.7. The van der Waals surface area contributed by atoms with Crippen LogP contribution >= 0.6 is 0 Å². The molecule has 10 rings (SSSR count). The van der Waals surface area contributed by atoms with Crippen molar-refractivity contribution in [3.8, 4) is 68.3 Å². The van der Waals surface area contributed by atoms with Gasteiger partial charge in [-0.15, -0.1) is 0 Å². The molecule has 4 aromatic heterocycles. The Kier molecular flexibility index (Phi) is 29.9. The Bertz CT molecular complexity index is 3380. The summed E-state index contributed by atoms with van der Waals surface area (Å²) in [7, 11) is 8.51. The van der Waals surface area contributed by atoms with Crippen molar-refractivity contribution in [3.63, 3.8) is 0 Å². The molecule has 0 unspecified atom stereocenters. The highest BCUT2D eigenvalue weighted by Crippen LogP contribution is 2.31. The lowest BCUT2D eigenvalue weighted by Crippen LogP contribution is -2.41. The van der Waals surface area contributed by atoms with Gasteiger partial charge in [-0.1, -0.05) is 45.0 Å². The molecule has 0 saturated carbocycles. The van der Waals surface area contributed by atoms with Gasteiger partial charge in [0.25, 0.3) is 0 Å². The fourth-order valence-electron chi connectivity index (χ4n) is 11.0. The Labute approximate surface area is 546 Å². The number of aromatic nitrogens is 8. The molecule has 0 atom stereocenters. The molecule has 0 bridgehead atoms. The third kappa shape index (κ3) is 23.4. The van der Waals surface area contributed by atoms with Gasteiger partial charge in [-0.05, 0) is 193 Å². The molecule has 0 radical (unpaired) electrons. The number of nitriles is 1. The molecular formula is C72H102FN15O4. The van der Waals surface area contributed by atoms with Gasteiger partial charge in [0.1, 0.15) is 11.5 Å². The Morgan fingerprint density at radius 2 is 0.978 bits per heavy atom. The highest BCUT2D eigenvalue weighted by molar-refractivity contribution is 5.67. The molecule has 4 aromatic carbocycles. The number of likely N-dealkylation sites (N-methyl/N-ethyl adjacent to an activating group) is 1. The largest absolute Gasteiger partial charge is 0.494 e. The van der Waals surface area contributed by atoms with Crippen molar-refractivity contribution in [1.82, 2.24) is 70.2 Å². The van der Waals surface area contributed by atoms with E-state index in [0.717, 1.165) is 186 Å². The van der Waals surface area contributed by atoms with Gasteiger partial charge in [0.05, 0.1) is 91.2 Å². The minimum absolute atomic E-state index is 0.0679. The second kappa shape index (κ2) is 38.3. The van der Waals surface area contributed by atoms with Gasteiger partial charge < -0.3 is 43.4 Å². The molecule has 19 nitrogen and oxygen atoms in total. The fourth-order valence-corrected chi connectivity index (χ4v) is 11.0. The number of rotatable bonds is 30. The van der Waals surface area contributed by atoms with Gasteiger partial charge in [0, 0.05) is 97.8 Å². The molecule has 0 amide bonds. The summed E-state index contributed by atoms with van der Waals surface area (Å²) >= 11 is 0. The molecule has 92 heavy (non-hydrogen) atoms. The van der Waals surface area contributed by atoms with Gasteiger partial charge in [0.15, 0.2) is 11.6 Å². The van der Waals surface area contributed by atoms with Gasteiger partial charge in [-0.3, -0.25) is 25.3 Å². The molecule has 20 heteroatoms. The first-order valence-corrected chi connectivity index (χ1v) is 33.0. The fraction of sp³-hybridized carbons (Fsp3) is 0.486. The lowest BCUT2D eigenvalue weighted by molar-refractivity contribution is 0.0358.